The van der Waals surface area contributed by atoms with E-state index in [2.05, 4.69) is 10.6 Å². The molecule has 0 aromatic heterocycles. The van der Waals surface area contributed by atoms with Crippen LogP contribution in [0, 0.1) is 11.8 Å². The van der Waals surface area contributed by atoms with Crippen LogP contribution in [0.15, 0.2) is 83.8 Å². The van der Waals surface area contributed by atoms with E-state index in [4.69, 9.17) is 14.2 Å². The van der Waals surface area contributed by atoms with Gasteiger partial charge >= 0.3 is 6.09 Å². The van der Waals surface area contributed by atoms with Gasteiger partial charge in [-0.05, 0) is 41.5 Å². The summed E-state index contributed by atoms with van der Waals surface area (Å²) in [5.41, 5.74) is 1.64. The normalized spacial score (nSPS) is 15.1. The average Bonchev–Trinajstić information content (AvgIpc) is 3.54. The quantitative estimate of drug-likeness (QED) is 0.203. The highest BCUT2D eigenvalue weighted by Gasteiger charge is 2.34. The molecule has 4 rings (SSSR count). The fourth-order valence-corrected chi connectivity index (χ4v) is 6.86. The van der Waals surface area contributed by atoms with Gasteiger partial charge in [0.05, 0.1) is 17.0 Å². The summed E-state index contributed by atoms with van der Waals surface area (Å²) in [4.78, 5) is 26.6. The van der Waals surface area contributed by atoms with Crippen molar-refractivity contribution in [2.45, 2.75) is 70.2 Å². The summed E-state index contributed by atoms with van der Waals surface area (Å²) in [5, 5.41) is 17.3. The lowest BCUT2D eigenvalue weighted by Crippen LogP contribution is -2.57. The molecule has 0 unspecified atom stereocenters. The summed E-state index contributed by atoms with van der Waals surface area (Å²) in [6.45, 7) is 7.41. The monoisotopic (exact) mass is 667 g/mol. The number of alkyl carbamates (subject to hydrolysis) is 1. The fraction of sp³-hybridized carbons (Fsp3) is 0.429. The Kier molecular flexibility index (Phi) is 12.6. The van der Waals surface area contributed by atoms with Gasteiger partial charge in [-0.25, -0.2) is 13.2 Å². The highest BCUT2D eigenvalue weighted by molar-refractivity contribution is 7.89. The topological polar surface area (TPSA) is 143 Å². The smallest absolute Gasteiger partial charge is 0.408 e. The van der Waals surface area contributed by atoms with E-state index in [-0.39, 0.29) is 49.6 Å². The molecule has 3 aromatic rings. The van der Waals surface area contributed by atoms with E-state index in [1.165, 1.54) is 16.4 Å². The summed E-state index contributed by atoms with van der Waals surface area (Å²) in [5.74, 6) is -0.0497. The van der Waals surface area contributed by atoms with Crippen LogP contribution in [-0.2, 0) is 32.6 Å². The molecule has 4 atom stereocenters. The molecule has 0 saturated heterocycles. The molecule has 1 aliphatic rings. The van der Waals surface area contributed by atoms with Gasteiger partial charge in [0.2, 0.25) is 22.7 Å². The Bertz CT molecular complexity index is 1570. The Morgan fingerprint density at radius 3 is 2.17 bits per heavy atom. The Morgan fingerprint density at radius 2 is 1.53 bits per heavy atom. The predicted molar refractivity (Wildman–Crippen MR) is 177 cm³/mol. The third-order valence-electron chi connectivity index (χ3n) is 8.01. The Balaban J connectivity index is 1.54. The molecule has 2 amide bonds. The van der Waals surface area contributed by atoms with Crippen LogP contribution >= 0.6 is 0 Å². The zero-order valence-electron chi connectivity index (χ0n) is 27.3. The van der Waals surface area contributed by atoms with Crippen molar-refractivity contribution < 1.29 is 37.3 Å². The molecule has 3 N–H and O–H groups in total. The molecule has 0 bridgehead atoms. The van der Waals surface area contributed by atoms with Crippen molar-refractivity contribution in [3.8, 4) is 11.5 Å². The van der Waals surface area contributed by atoms with Gasteiger partial charge < -0.3 is 30.0 Å². The third kappa shape index (κ3) is 9.93. The van der Waals surface area contributed by atoms with E-state index < -0.39 is 40.2 Å². The fourth-order valence-electron chi connectivity index (χ4n) is 5.22. The summed E-state index contributed by atoms with van der Waals surface area (Å²) in [7, 11) is -4.07. The minimum atomic E-state index is -4.07. The van der Waals surface area contributed by atoms with Crippen molar-refractivity contribution in [1.29, 1.82) is 0 Å². The number of fused-ring (bicyclic) bond motifs is 1. The molecule has 0 saturated carbocycles. The van der Waals surface area contributed by atoms with Crippen molar-refractivity contribution in [2.24, 2.45) is 11.8 Å². The highest BCUT2D eigenvalue weighted by Crippen LogP contribution is 2.35. The maximum absolute atomic E-state index is 13.9. The number of sulfonamides is 1. The third-order valence-corrected chi connectivity index (χ3v) is 9.84. The standard InChI is InChI=1S/C35H45N3O8S/c1-5-25(4)33(37-35(41)44-22-27-14-10-7-11-15-27)34(40)36-29(18-26-12-8-6-9-13-26)30(39)21-38(20-24(2)3)47(42,43)28-16-17-31-32(19-28)46-23-45-31/h6-17,19,24-25,29-30,33,39H,5,18,20-23H2,1-4H3,(H,36,40)(H,37,41)/t25-,29-,30+,33-/m0/s1. The Hall–Kier alpha value is -4.13. The number of nitrogens with zero attached hydrogens (tertiary/aromatic N) is 1. The lowest BCUT2D eigenvalue weighted by atomic mass is 9.96. The number of aliphatic hydroxyl groups is 1. The van der Waals surface area contributed by atoms with Crippen LogP contribution in [0.25, 0.3) is 0 Å². The summed E-state index contributed by atoms with van der Waals surface area (Å²) in [6, 6.07) is 21.1. The Morgan fingerprint density at radius 1 is 0.894 bits per heavy atom. The largest absolute Gasteiger partial charge is 0.454 e. The SMILES string of the molecule is CC[C@H](C)[C@H](NC(=O)OCc1ccccc1)C(=O)N[C@@H](Cc1ccccc1)[C@H](O)CN(CC(C)C)S(=O)(=O)c1ccc2c(c1)OCO2. The van der Waals surface area contributed by atoms with Crippen LogP contribution in [0.1, 0.15) is 45.2 Å². The number of carbonyl (C=O) groups is 2. The molecule has 11 nitrogen and oxygen atoms in total. The maximum atomic E-state index is 13.9. The number of ether oxygens (including phenoxy) is 3. The molecular formula is C35H45N3O8S. The number of carbonyl (C=O) groups excluding carboxylic acids is 2. The lowest BCUT2D eigenvalue weighted by molar-refractivity contribution is -0.125. The van der Waals surface area contributed by atoms with Gasteiger partial charge in [0.1, 0.15) is 12.6 Å². The molecule has 0 fully saturated rings. The second-order valence-corrected chi connectivity index (χ2v) is 14.1. The van der Waals surface area contributed by atoms with E-state index in [0.717, 1.165) is 11.1 Å². The molecule has 0 spiro atoms. The average molecular weight is 668 g/mol. The highest BCUT2D eigenvalue weighted by atomic mass is 32.2. The van der Waals surface area contributed by atoms with Gasteiger partial charge in [0.15, 0.2) is 11.5 Å². The number of rotatable bonds is 16. The number of nitrogens with one attached hydrogen (secondary N) is 2. The van der Waals surface area contributed by atoms with Gasteiger partial charge in [0, 0.05) is 19.2 Å². The summed E-state index contributed by atoms with van der Waals surface area (Å²) in [6.07, 6.45) is -1.24. The van der Waals surface area contributed by atoms with Crippen molar-refractivity contribution >= 4 is 22.0 Å². The van der Waals surface area contributed by atoms with Crippen LogP contribution in [0.3, 0.4) is 0 Å². The molecule has 47 heavy (non-hydrogen) atoms. The van der Waals surface area contributed by atoms with Crippen molar-refractivity contribution in [1.82, 2.24) is 14.9 Å². The van der Waals surface area contributed by atoms with Crippen molar-refractivity contribution in [3.63, 3.8) is 0 Å². The van der Waals surface area contributed by atoms with Gasteiger partial charge in [-0.15, -0.1) is 0 Å². The zero-order valence-corrected chi connectivity index (χ0v) is 28.1. The van der Waals surface area contributed by atoms with Crippen molar-refractivity contribution in [3.05, 3.63) is 90.0 Å². The molecule has 1 aliphatic heterocycles. The van der Waals surface area contributed by atoms with Gasteiger partial charge in [-0.2, -0.15) is 4.31 Å². The minimum absolute atomic E-state index is 0.00533. The Labute approximate surface area is 277 Å². The zero-order chi connectivity index (χ0) is 34.0. The molecule has 1 heterocycles. The number of aliphatic hydroxyl groups excluding tert-OH is 1. The lowest BCUT2D eigenvalue weighted by Gasteiger charge is -2.32. The van der Waals surface area contributed by atoms with Crippen LogP contribution in [0.5, 0.6) is 11.5 Å². The van der Waals surface area contributed by atoms with Crippen LogP contribution in [-0.4, -0.2) is 67.9 Å². The number of amides is 2. The van der Waals surface area contributed by atoms with Gasteiger partial charge in [-0.1, -0.05) is 94.8 Å². The minimum Gasteiger partial charge on any atom is -0.454 e. The second kappa shape index (κ2) is 16.6. The molecule has 254 valence electrons. The number of benzene rings is 3. The van der Waals surface area contributed by atoms with E-state index in [1.807, 2.05) is 88.4 Å². The first-order valence-electron chi connectivity index (χ1n) is 15.9. The van der Waals surface area contributed by atoms with Crippen LogP contribution in [0.2, 0.25) is 0 Å². The summed E-state index contributed by atoms with van der Waals surface area (Å²) < 4.78 is 45.1. The first-order valence-corrected chi connectivity index (χ1v) is 17.3. The predicted octanol–water partition coefficient (Wildman–Crippen LogP) is 4.49. The van der Waals surface area contributed by atoms with E-state index >= 15 is 0 Å². The van der Waals surface area contributed by atoms with Crippen molar-refractivity contribution in [2.75, 3.05) is 19.9 Å². The number of hydrogen-bond donors (Lipinski definition) is 3. The summed E-state index contributed by atoms with van der Waals surface area (Å²) >= 11 is 0. The van der Waals surface area contributed by atoms with Gasteiger partial charge in [-0.3, -0.25) is 4.79 Å². The van der Waals surface area contributed by atoms with E-state index in [1.54, 1.807) is 6.07 Å². The molecule has 0 radical (unpaired) electrons. The van der Waals surface area contributed by atoms with Gasteiger partial charge in [0.25, 0.3) is 0 Å². The second-order valence-electron chi connectivity index (χ2n) is 12.2. The molecule has 0 aliphatic carbocycles. The maximum Gasteiger partial charge on any atom is 0.408 e. The number of hydrogen-bond acceptors (Lipinski definition) is 8. The van der Waals surface area contributed by atoms with E-state index in [9.17, 15) is 23.1 Å². The first-order chi connectivity index (χ1) is 22.5. The van der Waals surface area contributed by atoms with E-state index in [0.29, 0.717) is 17.9 Å². The van der Waals surface area contributed by atoms with Crippen LogP contribution < -0.4 is 20.1 Å². The first kappa shape index (κ1) is 35.7. The molecule has 12 heteroatoms. The molecule has 3 aromatic carbocycles. The van der Waals surface area contributed by atoms with Crippen LogP contribution in [0.4, 0.5) is 4.79 Å². The molecular weight excluding hydrogens is 622 g/mol.